The first-order valence-corrected chi connectivity index (χ1v) is 5.54. The molecule has 0 amide bonds. The molecule has 0 saturated carbocycles. The third-order valence-electron chi connectivity index (χ3n) is 2.08. The number of rotatable bonds is 7. The van der Waals surface area contributed by atoms with E-state index in [4.69, 9.17) is 14.6 Å². The molecular weight excluding hydrogens is 206 g/mol. The molecule has 0 bridgehead atoms. The van der Waals surface area contributed by atoms with Crippen molar-refractivity contribution < 1.29 is 14.6 Å². The average Bonchev–Trinajstić information content (AvgIpc) is 2.29. The SMILES string of the molecule is CCCOCCOc1cc(C)ncc1CO. The minimum absolute atomic E-state index is 0.0571. The van der Waals surface area contributed by atoms with E-state index >= 15 is 0 Å². The summed E-state index contributed by atoms with van der Waals surface area (Å²) >= 11 is 0. The Kier molecular flexibility index (Phi) is 5.82. The molecule has 0 radical (unpaired) electrons. The predicted octanol–water partition coefficient (Wildman–Crippen LogP) is 1.69. The minimum Gasteiger partial charge on any atom is -0.491 e. The molecule has 1 rings (SSSR count). The largest absolute Gasteiger partial charge is 0.491 e. The molecule has 90 valence electrons. The summed E-state index contributed by atoms with van der Waals surface area (Å²) in [5.74, 6) is 0.690. The van der Waals surface area contributed by atoms with E-state index in [1.165, 1.54) is 0 Å². The van der Waals surface area contributed by atoms with Gasteiger partial charge >= 0.3 is 0 Å². The highest BCUT2D eigenvalue weighted by Crippen LogP contribution is 2.18. The lowest BCUT2D eigenvalue weighted by Gasteiger charge is -2.10. The lowest BCUT2D eigenvalue weighted by molar-refractivity contribution is 0.0996. The number of nitrogens with zero attached hydrogens (tertiary/aromatic N) is 1. The van der Waals surface area contributed by atoms with Crippen LogP contribution < -0.4 is 4.74 Å². The molecule has 0 aliphatic carbocycles. The van der Waals surface area contributed by atoms with Crippen LogP contribution in [-0.4, -0.2) is 29.9 Å². The van der Waals surface area contributed by atoms with E-state index in [9.17, 15) is 0 Å². The quantitative estimate of drug-likeness (QED) is 0.717. The second-order valence-electron chi connectivity index (χ2n) is 3.55. The average molecular weight is 225 g/mol. The number of pyridine rings is 1. The van der Waals surface area contributed by atoms with Gasteiger partial charge < -0.3 is 14.6 Å². The Morgan fingerprint density at radius 2 is 2.12 bits per heavy atom. The van der Waals surface area contributed by atoms with Crippen LogP contribution in [0, 0.1) is 6.92 Å². The minimum atomic E-state index is -0.0571. The monoisotopic (exact) mass is 225 g/mol. The first-order valence-electron chi connectivity index (χ1n) is 5.54. The Balaban J connectivity index is 2.42. The number of aliphatic hydroxyl groups excluding tert-OH is 1. The zero-order chi connectivity index (χ0) is 11.8. The smallest absolute Gasteiger partial charge is 0.128 e. The molecular formula is C12H19NO3. The Labute approximate surface area is 96.2 Å². The molecule has 0 unspecified atom stereocenters. The van der Waals surface area contributed by atoms with Crippen molar-refractivity contribution in [1.82, 2.24) is 4.98 Å². The van der Waals surface area contributed by atoms with Gasteiger partial charge in [-0.15, -0.1) is 0 Å². The number of hydrogen-bond donors (Lipinski definition) is 1. The van der Waals surface area contributed by atoms with Gasteiger partial charge in [0.15, 0.2) is 0 Å². The molecule has 0 fully saturated rings. The van der Waals surface area contributed by atoms with Gasteiger partial charge in [-0.3, -0.25) is 4.98 Å². The summed E-state index contributed by atoms with van der Waals surface area (Å²) in [6.45, 7) is 5.72. The van der Waals surface area contributed by atoms with Crippen LogP contribution in [0.2, 0.25) is 0 Å². The van der Waals surface area contributed by atoms with E-state index in [1.807, 2.05) is 13.0 Å². The topological polar surface area (TPSA) is 51.6 Å². The lowest BCUT2D eigenvalue weighted by atomic mass is 10.2. The van der Waals surface area contributed by atoms with E-state index in [0.717, 1.165) is 18.7 Å². The molecule has 0 aromatic carbocycles. The standard InChI is InChI=1S/C12H19NO3/c1-3-4-15-5-6-16-12-7-10(2)13-8-11(12)9-14/h7-8,14H,3-6,9H2,1-2H3. The van der Waals surface area contributed by atoms with Gasteiger partial charge in [0.2, 0.25) is 0 Å². The summed E-state index contributed by atoms with van der Waals surface area (Å²) in [6, 6.07) is 1.82. The van der Waals surface area contributed by atoms with Crippen LogP contribution in [0.4, 0.5) is 0 Å². The molecule has 1 heterocycles. The zero-order valence-electron chi connectivity index (χ0n) is 9.90. The highest BCUT2D eigenvalue weighted by Gasteiger charge is 2.03. The zero-order valence-corrected chi connectivity index (χ0v) is 9.90. The Morgan fingerprint density at radius 1 is 1.31 bits per heavy atom. The van der Waals surface area contributed by atoms with Crippen LogP contribution in [0.25, 0.3) is 0 Å². The Bertz CT molecular complexity index is 315. The van der Waals surface area contributed by atoms with Gasteiger partial charge in [-0.1, -0.05) is 6.92 Å². The van der Waals surface area contributed by atoms with Crippen molar-refractivity contribution in [3.63, 3.8) is 0 Å². The van der Waals surface area contributed by atoms with Crippen molar-refractivity contribution in [1.29, 1.82) is 0 Å². The lowest BCUT2D eigenvalue weighted by Crippen LogP contribution is -2.08. The van der Waals surface area contributed by atoms with E-state index in [1.54, 1.807) is 6.20 Å². The third kappa shape index (κ3) is 4.16. The fourth-order valence-corrected chi connectivity index (χ4v) is 1.27. The summed E-state index contributed by atoms with van der Waals surface area (Å²) in [4.78, 5) is 4.10. The van der Waals surface area contributed by atoms with Crippen LogP contribution >= 0.6 is 0 Å². The molecule has 1 aromatic rings. The number of ether oxygens (including phenoxy) is 2. The van der Waals surface area contributed by atoms with Crippen molar-refractivity contribution in [2.24, 2.45) is 0 Å². The van der Waals surface area contributed by atoms with Crippen LogP contribution in [0.5, 0.6) is 5.75 Å². The summed E-state index contributed by atoms with van der Waals surface area (Å²) in [6.07, 6.45) is 2.65. The summed E-state index contributed by atoms with van der Waals surface area (Å²) in [7, 11) is 0. The summed E-state index contributed by atoms with van der Waals surface area (Å²) in [5, 5.41) is 9.10. The Hall–Kier alpha value is -1.13. The highest BCUT2D eigenvalue weighted by atomic mass is 16.5. The van der Waals surface area contributed by atoms with Gasteiger partial charge in [-0.05, 0) is 13.3 Å². The summed E-state index contributed by atoms with van der Waals surface area (Å²) in [5.41, 5.74) is 1.59. The van der Waals surface area contributed by atoms with E-state index in [-0.39, 0.29) is 6.61 Å². The molecule has 0 aliphatic heterocycles. The molecule has 16 heavy (non-hydrogen) atoms. The van der Waals surface area contributed by atoms with Crippen molar-refractivity contribution in [3.05, 3.63) is 23.5 Å². The number of aryl methyl sites for hydroxylation is 1. The second kappa shape index (κ2) is 7.19. The van der Waals surface area contributed by atoms with Gasteiger partial charge in [0.05, 0.1) is 13.2 Å². The molecule has 0 spiro atoms. The van der Waals surface area contributed by atoms with Crippen LogP contribution in [0.3, 0.4) is 0 Å². The maximum absolute atomic E-state index is 9.10. The van der Waals surface area contributed by atoms with Gasteiger partial charge in [-0.2, -0.15) is 0 Å². The number of aromatic nitrogens is 1. The summed E-state index contributed by atoms with van der Waals surface area (Å²) < 4.78 is 10.8. The van der Waals surface area contributed by atoms with Gasteiger partial charge in [0.1, 0.15) is 12.4 Å². The second-order valence-corrected chi connectivity index (χ2v) is 3.55. The maximum atomic E-state index is 9.10. The van der Waals surface area contributed by atoms with Crippen molar-refractivity contribution >= 4 is 0 Å². The molecule has 1 aromatic heterocycles. The number of hydrogen-bond acceptors (Lipinski definition) is 4. The number of aliphatic hydroxyl groups is 1. The molecule has 1 N–H and O–H groups in total. The van der Waals surface area contributed by atoms with E-state index in [2.05, 4.69) is 11.9 Å². The fraction of sp³-hybridized carbons (Fsp3) is 0.583. The van der Waals surface area contributed by atoms with Gasteiger partial charge in [0.25, 0.3) is 0 Å². The van der Waals surface area contributed by atoms with Crippen molar-refractivity contribution in [2.75, 3.05) is 19.8 Å². The Morgan fingerprint density at radius 3 is 2.81 bits per heavy atom. The first kappa shape index (κ1) is 12.9. The van der Waals surface area contributed by atoms with Gasteiger partial charge in [-0.25, -0.2) is 0 Å². The van der Waals surface area contributed by atoms with E-state index in [0.29, 0.717) is 24.5 Å². The van der Waals surface area contributed by atoms with Crippen LogP contribution in [0.1, 0.15) is 24.6 Å². The first-order chi connectivity index (χ1) is 7.77. The highest BCUT2D eigenvalue weighted by molar-refractivity contribution is 5.32. The maximum Gasteiger partial charge on any atom is 0.128 e. The fourth-order valence-electron chi connectivity index (χ4n) is 1.27. The molecule has 4 heteroatoms. The van der Waals surface area contributed by atoms with Crippen LogP contribution in [-0.2, 0) is 11.3 Å². The molecule has 0 atom stereocenters. The van der Waals surface area contributed by atoms with Crippen molar-refractivity contribution in [3.8, 4) is 5.75 Å². The van der Waals surface area contributed by atoms with Gasteiger partial charge in [0, 0.05) is 30.1 Å². The normalized spacial score (nSPS) is 10.4. The van der Waals surface area contributed by atoms with Crippen molar-refractivity contribution in [2.45, 2.75) is 26.9 Å². The van der Waals surface area contributed by atoms with E-state index < -0.39 is 0 Å². The molecule has 0 saturated heterocycles. The third-order valence-corrected chi connectivity index (χ3v) is 2.08. The molecule has 4 nitrogen and oxygen atoms in total. The van der Waals surface area contributed by atoms with Crippen LogP contribution in [0.15, 0.2) is 12.3 Å². The predicted molar refractivity (Wildman–Crippen MR) is 61.5 cm³/mol. The molecule has 0 aliphatic rings.